The number of carbonyl (C=O) groups is 1. The number of nitrogen functional groups attached to an aromatic ring is 1. The number of aromatic nitrogens is 3. The topological polar surface area (TPSA) is 77.0 Å². The largest absolute Gasteiger partial charge is 0.367 e. The van der Waals surface area contributed by atoms with Crippen molar-refractivity contribution in [2.24, 2.45) is 0 Å². The molecule has 6 nitrogen and oxygen atoms in total. The highest BCUT2D eigenvalue weighted by Gasteiger charge is 2.33. The molecule has 1 aliphatic rings. The molecule has 1 aliphatic carbocycles. The number of halogens is 1. The molecule has 2 aromatic rings. The Balaban J connectivity index is 1.72. The van der Waals surface area contributed by atoms with Crippen molar-refractivity contribution in [2.75, 3.05) is 5.73 Å². The number of hydrogen-bond acceptors (Lipinski definition) is 4. The number of benzene rings is 1. The average molecular weight is 289 g/mol. The number of anilines is 1. The van der Waals surface area contributed by atoms with E-state index >= 15 is 0 Å². The van der Waals surface area contributed by atoms with Crippen molar-refractivity contribution in [2.45, 2.75) is 32.0 Å². The number of nitrogens with two attached hydrogens (primary N) is 1. The van der Waals surface area contributed by atoms with Crippen LogP contribution in [0.5, 0.6) is 0 Å². The fraction of sp³-hybridized carbons (Fsp3) is 0.357. The van der Waals surface area contributed by atoms with Gasteiger partial charge in [-0.1, -0.05) is 18.2 Å². The van der Waals surface area contributed by atoms with Gasteiger partial charge < -0.3 is 10.6 Å². The molecule has 1 fully saturated rings. The fourth-order valence-electron chi connectivity index (χ4n) is 2.23. The molecule has 0 atom stereocenters. The zero-order valence-corrected chi connectivity index (χ0v) is 11.4. The summed E-state index contributed by atoms with van der Waals surface area (Å²) in [5.41, 5.74) is 5.95. The Kier molecular flexibility index (Phi) is 3.55. The van der Waals surface area contributed by atoms with Gasteiger partial charge in [0.05, 0.1) is 0 Å². The maximum atomic E-state index is 13.7. The molecule has 1 aromatic heterocycles. The first-order chi connectivity index (χ1) is 10.1. The van der Waals surface area contributed by atoms with Crippen LogP contribution in [-0.4, -0.2) is 31.6 Å². The van der Waals surface area contributed by atoms with Crippen LogP contribution in [0.15, 0.2) is 30.6 Å². The number of nitrogens with zero attached hydrogens (tertiary/aromatic N) is 4. The highest BCUT2D eigenvalue weighted by atomic mass is 19.1. The molecule has 7 heteroatoms. The molecule has 1 heterocycles. The van der Waals surface area contributed by atoms with Crippen molar-refractivity contribution in [1.82, 2.24) is 19.7 Å². The van der Waals surface area contributed by atoms with Crippen LogP contribution in [0.2, 0.25) is 0 Å². The summed E-state index contributed by atoms with van der Waals surface area (Å²) in [4.78, 5) is 17.9. The second-order valence-electron chi connectivity index (χ2n) is 5.14. The predicted molar refractivity (Wildman–Crippen MR) is 74.4 cm³/mol. The summed E-state index contributed by atoms with van der Waals surface area (Å²) < 4.78 is 15.1. The lowest BCUT2D eigenvalue weighted by Crippen LogP contribution is -2.35. The molecule has 1 saturated carbocycles. The summed E-state index contributed by atoms with van der Waals surface area (Å²) in [6.07, 6.45) is 3.33. The summed E-state index contributed by atoms with van der Waals surface area (Å²) in [5, 5.41) is 3.90. The number of amides is 1. The minimum absolute atomic E-state index is 0.0646. The zero-order chi connectivity index (χ0) is 14.8. The van der Waals surface area contributed by atoms with Crippen LogP contribution in [0.4, 0.5) is 10.3 Å². The van der Waals surface area contributed by atoms with E-state index in [2.05, 4.69) is 10.1 Å². The summed E-state index contributed by atoms with van der Waals surface area (Å²) in [5.74, 6) is -0.263. The molecule has 1 amide bonds. The van der Waals surface area contributed by atoms with Crippen molar-refractivity contribution >= 4 is 11.9 Å². The Morgan fingerprint density at radius 1 is 1.43 bits per heavy atom. The minimum Gasteiger partial charge on any atom is -0.367 e. The standard InChI is InChI=1S/C14H16FN5O/c15-12-4-2-1-3-10(12)7-20(11-5-6-11)13(21)8-19-9-17-14(16)18-19/h1-4,9,11H,5-8H2,(H2,16,18). The van der Waals surface area contributed by atoms with E-state index in [1.54, 1.807) is 23.1 Å². The van der Waals surface area contributed by atoms with Gasteiger partial charge in [-0.2, -0.15) is 0 Å². The van der Waals surface area contributed by atoms with Gasteiger partial charge in [0.15, 0.2) is 0 Å². The Bertz CT molecular complexity index is 652. The fourth-order valence-corrected chi connectivity index (χ4v) is 2.23. The molecule has 0 saturated heterocycles. The number of hydrogen-bond donors (Lipinski definition) is 1. The van der Waals surface area contributed by atoms with Crippen LogP contribution in [-0.2, 0) is 17.9 Å². The van der Waals surface area contributed by atoms with Crippen molar-refractivity contribution in [3.8, 4) is 0 Å². The van der Waals surface area contributed by atoms with Crippen LogP contribution in [0.25, 0.3) is 0 Å². The molecule has 110 valence electrons. The first kappa shape index (κ1) is 13.5. The summed E-state index contributed by atoms with van der Waals surface area (Å²) in [7, 11) is 0. The molecule has 21 heavy (non-hydrogen) atoms. The maximum absolute atomic E-state index is 13.7. The van der Waals surface area contributed by atoms with E-state index < -0.39 is 0 Å². The van der Waals surface area contributed by atoms with Gasteiger partial charge in [0.2, 0.25) is 11.9 Å². The average Bonchev–Trinajstić information content (AvgIpc) is 3.21. The Labute approximate surface area is 121 Å². The number of carbonyl (C=O) groups excluding carboxylic acids is 1. The van der Waals surface area contributed by atoms with Crippen LogP contribution in [0, 0.1) is 5.82 Å². The van der Waals surface area contributed by atoms with E-state index in [-0.39, 0.29) is 36.8 Å². The molecular weight excluding hydrogens is 273 g/mol. The Morgan fingerprint density at radius 3 is 2.81 bits per heavy atom. The highest BCUT2D eigenvalue weighted by molar-refractivity contribution is 5.76. The van der Waals surface area contributed by atoms with E-state index in [1.807, 2.05) is 0 Å². The SMILES string of the molecule is Nc1ncn(CC(=O)N(Cc2ccccc2F)C2CC2)n1. The van der Waals surface area contributed by atoms with E-state index in [0.29, 0.717) is 5.56 Å². The van der Waals surface area contributed by atoms with Crippen LogP contribution >= 0.6 is 0 Å². The molecular formula is C14H16FN5O. The summed E-state index contributed by atoms with van der Waals surface area (Å²) in [6.45, 7) is 0.343. The third-order valence-corrected chi connectivity index (χ3v) is 3.46. The molecule has 0 unspecified atom stereocenters. The van der Waals surface area contributed by atoms with Gasteiger partial charge in [-0.25, -0.2) is 14.1 Å². The predicted octanol–water partition coefficient (Wildman–Crippen LogP) is 1.19. The Hall–Kier alpha value is -2.44. The van der Waals surface area contributed by atoms with Gasteiger partial charge in [0.25, 0.3) is 0 Å². The van der Waals surface area contributed by atoms with E-state index in [1.165, 1.54) is 17.1 Å². The third-order valence-electron chi connectivity index (χ3n) is 3.46. The molecule has 2 N–H and O–H groups in total. The smallest absolute Gasteiger partial charge is 0.244 e. The molecule has 1 aromatic carbocycles. The molecule has 0 bridgehead atoms. The monoisotopic (exact) mass is 289 g/mol. The lowest BCUT2D eigenvalue weighted by atomic mass is 10.2. The third kappa shape index (κ3) is 3.18. The highest BCUT2D eigenvalue weighted by Crippen LogP contribution is 2.29. The number of rotatable bonds is 5. The second-order valence-corrected chi connectivity index (χ2v) is 5.14. The quantitative estimate of drug-likeness (QED) is 0.897. The van der Waals surface area contributed by atoms with Crippen LogP contribution < -0.4 is 5.73 Å². The lowest BCUT2D eigenvalue weighted by molar-refractivity contribution is -0.133. The van der Waals surface area contributed by atoms with E-state index in [0.717, 1.165) is 12.8 Å². The van der Waals surface area contributed by atoms with E-state index in [9.17, 15) is 9.18 Å². The summed E-state index contributed by atoms with van der Waals surface area (Å²) in [6, 6.07) is 6.71. The van der Waals surface area contributed by atoms with Crippen molar-refractivity contribution < 1.29 is 9.18 Å². The van der Waals surface area contributed by atoms with Gasteiger partial charge in [0.1, 0.15) is 18.7 Å². The molecule has 0 aliphatic heterocycles. The van der Waals surface area contributed by atoms with Crippen molar-refractivity contribution in [3.05, 3.63) is 42.0 Å². The van der Waals surface area contributed by atoms with Crippen molar-refractivity contribution in [3.63, 3.8) is 0 Å². The van der Waals surface area contributed by atoms with Crippen molar-refractivity contribution in [1.29, 1.82) is 0 Å². The summed E-state index contributed by atoms with van der Waals surface area (Å²) >= 11 is 0. The van der Waals surface area contributed by atoms with Crippen LogP contribution in [0.3, 0.4) is 0 Å². The van der Waals surface area contributed by atoms with Gasteiger partial charge in [-0.05, 0) is 18.9 Å². The van der Waals surface area contributed by atoms with Gasteiger partial charge >= 0.3 is 0 Å². The zero-order valence-electron chi connectivity index (χ0n) is 11.4. The molecule has 0 radical (unpaired) electrons. The van der Waals surface area contributed by atoms with Gasteiger partial charge in [0, 0.05) is 18.2 Å². The maximum Gasteiger partial charge on any atom is 0.244 e. The first-order valence-corrected chi connectivity index (χ1v) is 6.81. The second kappa shape index (κ2) is 5.51. The van der Waals surface area contributed by atoms with Gasteiger partial charge in [-0.3, -0.25) is 4.79 Å². The lowest BCUT2D eigenvalue weighted by Gasteiger charge is -2.22. The van der Waals surface area contributed by atoms with E-state index in [4.69, 9.17) is 5.73 Å². The first-order valence-electron chi connectivity index (χ1n) is 6.81. The van der Waals surface area contributed by atoms with Crippen LogP contribution in [0.1, 0.15) is 18.4 Å². The molecule has 3 rings (SSSR count). The molecule has 0 spiro atoms. The minimum atomic E-state index is -0.291. The Morgan fingerprint density at radius 2 is 2.19 bits per heavy atom. The van der Waals surface area contributed by atoms with Gasteiger partial charge in [-0.15, -0.1) is 5.10 Å². The normalized spacial score (nSPS) is 14.1.